The van der Waals surface area contributed by atoms with Gasteiger partial charge >= 0.3 is 65.2 Å². The van der Waals surface area contributed by atoms with Crippen LogP contribution in [0.1, 0.15) is 72.1 Å². The van der Waals surface area contributed by atoms with Gasteiger partial charge in [0.15, 0.2) is 11.5 Å². The van der Waals surface area contributed by atoms with E-state index < -0.39 is 23.8 Å². The Kier molecular flexibility index (Phi) is 21.7. The van der Waals surface area contributed by atoms with E-state index >= 15 is 0 Å². The SMILES string of the molecule is C[PH+](c1ccccc1)c1ccccc1.Cc1cc(C)cc([PH+](c2cc(C)cc(C)c2)c2ccccc2O)c1.Cc1cc(C)cc([PH+](c2ccccc2O)C2C[C@@H](C)C[C@@H](C)C2)c1.[Re]#[C]Cc1ccccc1. The number of aryl methyl sites for hydroxylation is 6. The summed E-state index contributed by atoms with van der Waals surface area (Å²) in [5.41, 5.74) is 9.79. The Balaban J connectivity index is 0.000000164. The average molecular weight is 1170 g/mol. The molecule has 8 aromatic rings. The standard InChI is InChI=1S/C22H29OP.C22H23OP.C13H13P.C8H7.Re/c2*1-15-9-16(2)12-19(11-15)24(22-8-6-5-7-21(22)23)20-13-17(3)10-18(4)14-20;1-14(12-8-4-2-5-9-12)13-10-6-3-7-11-13;1-2-8-6-4-3-5-7-8;/h5-9,11-12,17-18,20,23H,10,13-14H2,1-4H3;5-14,23H,1-4H3;2-11H,1H3;3-7H,2H2;/p+3/t17-,18+,20?,24?;;;;. The van der Waals surface area contributed by atoms with Gasteiger partial charge in [0.2, 0.25) is 0 Å². The van der Waals surface area contributed by atoms with Crippen molar-refractivity contribution < 1.29 is 28.8 Å². The average Bonchev–Trinajstić information content (AvgIpc) is 3.33. The van der Waals surface area contributed by atoms with E-state index in [4.69, 9.17) is 0 Å². The zero-order valence-corrected chi connectivity index (χ0v) is 49.0. The van der Waals surface area contributed by atoms with E-state index in [2.05, 4.69) is 224 Å². The minimum atomic E-state index is -1.25. The van der Waals surface area contributed by atoms with Crippen LogP contribution in [-0.2, 0) is 25.0 Å². The number of phenolic OH excluding ortho intramolecular Hbond substituents is 2. The first-order chi connectivity index (χ1) is 34.2. The van der Waals surface area contributed by atoms with Gasteiger partial charge in [0.05, 0.1) is 44.1 Å². The molecule has 0 amide bonds. The van der Waals surface area contributed by atoms with Gasteiger partial charge in [0.25, 0.3) is 0 Å². The van der Waals surface area contributed by atoms with Gasteiger partial charge in [0, 0.05) is 0 Å². The molecule has 0 aromatic heterocycles. The Bertz CT molecular complexity index is 2790. The molecular weight excluding hydrogens is 1090 g/mol. The summed E-state index contributed by atoms with van der Waals surface area (Å²) in [6.45, 7) is 20.1. The van der Waals surface area contributed by atoms with Crippen molar-refractivity contribution in [2.45, 2.75) is 86.7 Å². The summed E-state index contributed by atoms with van der Waals surface area (Å²) < 4.78 is 3.14. The zero-order valence-electron chi connectivity index (χ0n) is 43.3. The topological polar surface area (TPSA) is 40.5 Å². The maximum absolute atomic E-state index is 10.6. The zero-order chi connectivity index (χ0) is 50.9. The molecule has 1 fully saturated rings. The second-order valence-corrected chi connectivity index (χ2v) is 28.3. The number of aromatic hydroxyl groups is 2. The second kappa shape index (κ2) is 27.8. The van der Waals surface area contributed by atoms with Crippen LogP contribution in [0.4, 0.5) is 0 Å². The van der Waals surface area contributed by atoms with Crippen LogP contribution in [0.2, 0.25) is 0 Å². The molecule has 2 N–H and O–H groups in total. The third-order valence-corrected chi connectivity index (χ3v) is 21.8. The molecule has 1 aliphatic carbocycles. The molecule has 0 bridgehead atoms. The number of hydrogen-bond donors (Lipinski definition) is 2. The van der Waals surface area contributed by atoms with Crippen molar-refractivity contribution in [3.8, 4) is 15.8 Å². The van der Waals surface area contributed by atoms with Crippen molar-refractivity contribution in [3.05, 3.63) is 233 Å². The fourth-order valence-electron chi connectivity index (χ4n) is 10.2. The summed E-state index contributed by atoms with van der Waals surface area (Å²) in [5, 5.41) is 30.4. The van der Waals surface area contributed by atoms with E-state index in [0.29, 0.717) is 17.2 Å². The first-order valence-corrected chi connectivity index (χ1v) is 31.5. The quantitative estimate of drug-likeness (QED) is 0.141. The monoisotopic (exact) mass is 1170 g/mol. The molecule has 4 atom stereocenters. The summed E-state index contributed by atoms with van der Waals surface area (Å²) >= 11 is 1.60. The van der Waals surface area contributed by atoms with E-state index in [9.17, 15) is 10.2 Å². The Labute approximate surface area is 440 Å². The Morgan fingerprint density at radius 3 is 1.18 bits per heavy atom. The molecule has 6 heteroatoms. The number of phenols is 2. The second-order valence-electron chi connectivity index (χ2n) is 19.7. The van der Waals surface area contributed by atoms with Crippen molar-refractivity contribution in [1.29, 1.82) is 0 Å². The predicted octanol–water partition coefficient (Wildman–Crippen LogP) is 13.3. The Hall–Kier alpha value is -4.91. The molecule has 366 valence electrons. The van der Waals surface area contributed by atoms with Gasteiger partial charge in [-0.1, -0.05) is 92.7 Å². The van der Waals surface area contributed by atoms with Gasteiger partial charge in [-0.15, -0.1) is 0 Å². The minimum absolute atomic E-state index is 0.393. The molecule has 9 rings (SSSR count). The van der Waals surface area contributed by atoms with Gasteiger partial charge in [-0.2, -0.15) is 0 Å². The van der Waals surface area contributed by atoms with Gasteiger partial charge in [-0.25, -0.2) is 0 Å². The van der Waals surface area contributed by atoms with Gasteiger partial charge < -0.3 is 10.2 Å². The molecule has 8 aromatic carbocycles. The van der Waals surface area contributed by atoms with E-state index in [-0.39, 0.29) is 0 Å². The number of hydrogen-bond acceptors (Lipinski definition) is 2. The fourth-order valence-corrected chi connectivity index (χ4v) is 19.5. The molecule has 2 unspecified atom stereocenters. The van der Waals surface area contributed by atoms with Crippen molar-refractivity contribution in [3.63, 3.8) is 0 Å². The van der Waals surface area contributed by atoms with Crippen molar-refractivity contribution in [2.75, 3.05) is 6.66 Å². The molecule has 0 heterocycles. The summed E-state index contributed by atoms with van der Waals surface area (Å²) in [4.78, 5) is 0. The molecule has 1 aliphatic rings. The Morgan fingerprint density at radius 2 is 0.789 bits per heavy atom. The van der Waals surface area contributed by atoms with Crippen molar-refractivity contribution in [2.24, 2.45) is 11.8 Å². The Morgan fingerprint density at radius 1 is 0.437 bits per heavy atom. The van der Waals surface area contributed by atoms with Crippen LogP contribution in [-0.4, -0.2) is 22.5 Å². The molecule has 0 radical (unpaired) electrons. The summed E-state index contributed by atoms with van der Waals surface area (Å²) in [6, 6.07) is 68.1. The maximum atomic E-state index is 10.6. The number of benzene rings is 8. The third-order valence-electron chi connectivity index (χ3n) is 13.0. The van der Waals surface area contributed by atoms with E-state index in [0.717, 1.165) is 23.6 Å². The first kappa shape index (κ1) is 55.4. The molecular formula is C65H75O2P3Re+3. The molecule has 1 saturated carbocycles. The predicted molar refractivity (Wildman–Crippen MR) is 315 cm³/mol. The van der Waals surface area contributed by atoms with Crippen LogP contribution in [0.15, 0.2) is 194 Å². The molecule has 0 saturated heterocycles. The van der Waals surface area contributed by atoms with Crippen LogP contribution in [0, 0.1) is 57.7 Å². The van der Waals surface area contributed by atoms with Gasteiger partial charge in [-0.05, 0) is 191 Å². The van der Waals surface area contributed by atoms with Crippen LogP contribution < -0.4 is 37.1 Å². The molecule has 71 heavy (non-hydrogen) atoms. The van der Waals surface area contributed by atoms with Crippen molar-refractivity contribution in [1.82, 2.24) is 0 Å². The molecule has 0 aliphatic heterocycles. The van der Waals surface area contributed by atoms with Crippen LogP contribution in [0.3, 0.4) is 0 Å². The first-order valence-electron chi connectivity index (χ1n) is 25.1. The summed E-state index contributed by atoms with van der Waals surface area (Å²) in [6.07, 6.45) is 4.91. The number of rotatable bonds is 9. The molecule has 2 nitrogen and oxygen atoms in total. The van der Waals surface area contributed by atoms with Crippen molar-refractivity contribution >= 4 is 60.9 Å². The summed E-state index contributed by atoms with van der Waals surface area (Å²) in [5.74, 6) is 2.45. The van der Waals surface area contributed by atoms with E-state index in [1.165, 1.54) is 90.0 Å². The van der Waals surface area contributed by atoms with Crippen LogP contribution in [0.25, 0.3) is 0 Å². The normalized spacial score (nSPS) is 15.5. The fraction of sp³-hybridized carbons (Fsp3) is 0.246. The van der Waals surface area contributed by atoms with Gasteiger partial charge in [0.1, 0.15) is 29.1 Å². The van der Waals surface area contributed by atoms with Crippen LogP contribution in [0.5, 0.6) is 11.5 Å². The van der Waals surface area contributed by atoms with Crippen LogP contribution >= 0.6 is 23.8 Å². The van der Waals surface area contributed by atoms with E-state index in [1.807, 2.05) is 30.3 Å². The molecule has 0 spiro atoms. The third kappa shape index (κ3) is 16.8. The number of para-hydroxylation sites is 2. The van der Waals surface area contributed by atoms with Gasteiger partial charge in [-0.3, -0.25) is 0 Å². The summed E-state index contributed by atoms with van der Waals surface area (Å²) in [7, 11) is -2.78. The van der Waals surface area contributed by atoms with E-state index in [1.54, 1.807) is 24.6 Å².